The third kappa shape index (κ3) is 2.38. The van der Waals surface area contributed by atoms with Crippen LogP contribution in [-0.4, -0.2) is 5.78 Å². The predicted octanol–water partition coefficient (Wildman–Crippen LogP) is 4.46. The molecule has 4 heteroatoms. The Kier molecular flexibility index (Phi) is 3.59. The maximum absolute atomic E-state index is 12.8. The Hall–Kier alpha value is -2.64. The minimum atomic E-state index is -0.108. The van der Waals surface area contributed by atoms with E-state index in [1.165, 1.54) is 35.3 Å². The number of benzene rings is 2. The molecule has 2 N–H and O–H groups in total. The molecule has 1 aliphatic carbocycles. The number of nitriles is 1. The summed E-state index contributed by atoms with van der Waals surface area (Å²) in [5, 5.41) is 10.0. The van der Waals surface area contributed by atoms with E-state index in [1.54, 1.807) is 24.3 Å². The highest BCUT2D eigenvalue weighted by Crippen LogP contribution is 2.38. The van der Waals surface area contributed by atoms with Gasteiger partial charge in [0.25, 0.3) is 0 Å². The Morgan fingerprint density at radius 1 is 1.12 bits per heavy atom. The number of nitrogens with zero attached hydrogens (tertiary/aromatic N) is 1. The quantitative estimate of drug-likeness (QED) is 0.704. The number of ketones is 1. The number of fused-ring (bicyclic) bond motifs is 2. The highest BCUT2D eigenvalue weighted by Gasteiger charge is 2.20. The molecule has 4 rings (SSSR count). The summed E-state index contributed by atoms with van der Waals surface area (Å²) in [6.45, 7) is 0. The van der Waals surface area contributed by atoms with Crippen molar-refractivity contribution in [3.8, 4) is 6.07 Å². The molecule has 0 radical (unpaired) electrons. The van der Waals surface area contributed by atoms with Gasteiger partial charge in [-0.3, -0.25) is 4.79 Å². The van der Waals surface area contributed by atoms with Crippen LogP contribution in [-0.2, 0) is 12.8 Å². The van der Waals surface area contributed by atoms with Gasteiger partial charge in [0, 0.05) is 15.6 Å². The SMILES string of the molecule is N#Cc1cccc(C(=O)c2sc3cc4c(cc3c2N)CCCC4)c1. The molecule has 0 atom stereocenters. The molecule has 0 aliphatic heterocycles. The molecule has 0 fully saturated rings. The zero-order valence-corrected chi connectivity index (χ0v) is 14.0. The summed E-state index contributed by atoms with van der Waals surface area (Å²) in [5.41, 5.74) is 10.6. The lowest BCUT2D eigenvalue weighted by Crippen LogP contribution is -2.03. The van der Waals surface area contributed by atoms with E-state index < -0.39 is 0 Å². The average Bonchev–Trinajstić information content (AvgIpc) is 2.95. The largest absolute Gasteiger partial charge is 0.397 e. The molecule has 1 aromatic heterocycles. The van der Waals surface area contributed by atoms with Gasteiger partial charge in [0.15, 0.2) is 0 Å². The van der Waals surface area contributed by atoms with Gasteiger partial charge in [-0.25, -0.2) is 0 Å². The van der Waals surface area contributed by atoms with E-state index in [-0.39, 0.29) is 5.78 Å². The van der Waals surface area contributed by atoms with Crippen LogP contribution < -0.4 is 5.73 Å². The van der Waals surface area contributed by atoms with Crippen molar-refractivity contribution < 1.29 is 4.79 Å². The number of carbonyl (C=O) groups excluding carboxylic acids is 1. The summed E-state index contributed by atoms with van der Waals surface area (Å²) in [5.74, 6) is -0.108. The van der Waals surface area contributed by atoms with Crippen LogP contribution in [0.4, 0.5) is 5.69 Å². The van der Waals surface area contributed by atoms with Crippen LogP contribution in [0.15, 0.2) is 36.4 Å². The van der Waals surface area contributed by atoms with Crippen molar-refractivity contribution in [3.05, 3.63) is 63.5 Å². The summed E-state index contributed by atoms with van der Waals surface area (Å²) in [7, 11) is 0. The summed E-state index contributed by atoms with van der Waals surface area (Å²) >= 11 is 1.46. The molecule has 0 spiro atoms. The van der Waals surface area contributed by atoms with Gasteiger partial charge >= 0.3 is 0 Å². The van der Waals surface area contributed by atoms with E-state index in [0.29, 0.717) is 21.7 Å². The lowest BCUT2D eigenvalue weighted by atomic mass is 9.91. The molecular formula is C20H16N2OS. The highest BCUT2D eigenvalue weighted by atomic mass is 32.1. The van der Waals surface area contributed by atoms with Crippen LogP contribution in [0, 0.1) is 11.3 Å². The molecule has 1 heterocycles. The van der Waals surface area contributed by atoms with Crippen molar-refractivity contribution in [2.24, 2.45) is 0 Å². The zero-order valence-electron chi connectivity index (χ0n) is 13.1. The second-order valence-corrected chi connectivity index (χ2v) is 7.24. The molecule has 0 saturated heterocycles. The summed E-state index contributed by atoms with van der Waals surface area (Å²) in [4.78, 5) is 13.4. The van der Waals surface area contributed by atoms with Gasteiger partial charge in [0.2, 0.25) is 5.78 Å². The van der Waals surface area contributed by atoms with E-state index in [1.807, 2.05) is 0 Å². The molecule has 118 valence electrons. The number of carbonyl (C=O) groups is 1. The molecule has 0 bridgehead atoms. The molecule has 3 nitrogen and oxygen atoms in total. The van der Waals surface area contributed by atoms with Crippen molar-refractivity contribution in [2.45, 2.75) is 25.7 Å². The fraction of sp³-hybridized carbons (Fsp3) is 0.200. The Balaban J connectivity index is 1.83. The lowest BCUT2D eigenvalue weighted by Gasteiger charge is -2.15. The van der Waals surface area contributed by atoms with Crippen LogP contribution in [0.1, 0.15) is 44.8 Å². The molecule has 3 aromatic rings. The summed E-state index contributed by atoms with van der Waals surface area (Å²) in [6.07, 6.45) is 4.64. The van der Waals surface area contributed by atoms with E-state index in [9.17, 15) is 4.79 Å². The Labute approximate surface area is 144 Å². The molecular weight excluding hydrogens is 316 g/mol. The molecule has 1 aliphatic rings. The van der Waals surface area contributed by atoms with Gasteiger partial charge in [-0.1, -0.05) is 12.1 Å². The van der Waals surface area contributed by atoms with Gasteiger partial charge in [0.1, 0.15) is 0 Å². The lowest BCUT2D eigenvalue weighted by molar-refractivity contribution is 0.104. The van der Waals surface area contributed by atoms with Crippen molar-refractivity contribution in [3.63, 3.8) is 0 Å². The Morgan fingerprint density at radius 2 is 1.88 bits per heavy atom. The van der Waals surface area contributed by atoms with E-state index in [2.05, 4.69) is 18.2 Å². The van der Waals surface area contributed by atoms with Gasteiger partial charge in [-0.15, -0.1) is 11.3 Å². The van der Waals surface area contributed by atoms with Crippen molar-refractivity contribution in [1.82, 2.24) is 0 Å². The van der Waals surface area contributed by atoms with Gasteiger partial charge in [-0.05, 0) is 61.1 Å². The third-order valence-electron chi connectivity index (χ3n) is 4.65. The normalized spacial score (nSPS) is 13.5. The number of hydrogen-bond acceptors (Lipinski definition) is 4. The Morgan fingerprint density at radius 3 is 2.62 bits per heavy atom. The monoisotopic (exact) mass is 332 g/mol. The van der Waals surface area contributed by atoms with Crippen LogP contribution in [0.3, 0.4) is 0 Å². The topological polar surface area (TPSA) is 66.9 Å². The number of anilines is 1. The minimum Gasteiger partial charge on any atom is -0.397 e. The molecule has 0 unspecified atom stereocenters. The van der Waals surface area contributed by atoms with Crippen LogP contribution in [0.25, 0.3) is 10.1 Å². The number of nitrogens with two attached hydrogens (primary N) is 1. The number of rotatable bonds is 2. The van der Waals surface area contributed by atoms with Crippen molar-refractivity contribution in [1.29, 1.82) is 5.26 Å². The number of aryl methyl sites for hydroxylation is 2. The maximum atomic E-state index is 12.8. The fourth-order valence-electron chi connectivity index (χ4n) is 3.38. The first-order valence-corrected chi connectivity index (χ1v) is 8.87. The van der Waals surface area contributed by atoms with E-state index in [0.717, 1.165) is 22.9 Å². The van der Waals surface area contributed by atoms with E-state index in [4.69, 9.17) is 11.0 Å². The first-order chi connectivity index (χ1) is 11.7. The van der Waals surface area contributed by atoms with Crippen LogP contribution in [0.5, 0.6) is 0 Å². The predicted molar refractivity (Wildman–Crippen MR) is 97.5 cm³/mol. The Bertz CT molecular complexity index is 1010. The number of nitrogen functional groups attached to an aromatic ring is 1. The summed E-state index contributed by atoms with van der Waals surface area (Å²) in [6, 6.07) is 13.2. The standard InChI is InChI=1S/C20H16N2OS/c21-11-12-4-3-7-15(8-12)19(23)20-18(22)16-9-13-5-1-2-6-14(13)10-17(16)24-20/h3-4,7-10H,1-2,5-6,22H2. The fourth-order valence-corrected chi connectivity index (χ4v) is 4.51. The second-order valence-electron chi connectivity index (χ2n) is 6.19. The van der Waals surface area contributed by atoms with Crippen LogP contribution in [0.2, 0.25) is 0 Å². The number of thiophene rings is 1. The van der Waals surface area contributed by atoms with E-state index >= 15 is 0 Å². The van der Waals surface area contributed by atoms with Crippen molar-refractivity contribution >= 4 is 32.9 Å². The smallest absolute Gasteiger partial charge is 0.205 e. The molecule has 0 amide bonds. The molecule has 2 aromatic carbocycles. The zero-order chi connectivity index (χ0) is 16.7. The first-order valence-electron chi connectivity index (χ1n) is 8.06. The first kappa shape index (κ1) is 14.9. The van der Waals surface area contributed by atoms with Crippen molar-refractivity contribution in [2.75, 3.05) is 5.73 Å². The highest BCUT2D eigenvalue weighted by molar-refractivity contribution is 7.21. The number of hydrogen-bond donors (Lipinski definition) is 1. The van der Waals surface area contributed by atoms with Gasteiger partial charge < -0.3 is 5.73 Å². The molecule has 0 saturated carbocycles. The average molecular weight is 332 g/mol. The second kappa shape index (κ2) is 5.77. The van der Waals surface area contributed by atoms with Gasteiger partial charge in [-0.2, -0.15) is 5.26 Å². The third-order valence-corrected chi connectivity index (χ3v) is 5.82. The summed E-state index contributed by atoms with van der Waals surface area (Å²) < 4.78 is 1.08. The minimum absolute atomic E-state index is 0.108. The van der Waals surface area contributed by atoms with Crippen LogP contribution >= 0.6 is 11.3 Å². The maximum Gasteiger partial charge on any atom is 0.205 e. The van der Waals surface area contributed by atoms with Gasteiger partial charge in [0.05, 0.1) is 22.2 Å². The molecule has 24 heavy (non-hydrogen) atoms.